The number of hydrogen-bond donors (Lipinski definition) is 0. The molecule has 0 spiro atoms. The quantitative estimate of drug-likeness (QED) is 0.332. The molecule has 0 atom stereocenters. The van der Waals surface area contributed by atoms with Crippen molar-refractivity contribution >= 4 is 29.4 Å². The average molecular weight is 232 g/mol. The normalized spacial score (nSPS) is 12.2. The third-order valence-corrected chi connectivity index (χ3v) is 2.30. The Labute approximate surface area is 93.4 Å². The molecule has 1 aromatic carbocycles. The molecular formula is C10H11Cl2NO. The van der Waals surface area contributed by atoms with E-state index in [1.54, 1.807) is 18.2 Å². The fourth-order valence-electron chi connectivity index (χ4n) is 0.892. The van der Waals surface area contributed by atoms with Gasteiger partial charge in [0.2, 0.25) is 0 Å². The second-order valence-corrected chi connectivity index (χ2v) is 4.09. The molecule has 0 aromatic heterocycles. The van der Waals surface area contributed by atoms with Crippen LogP contribution in [0.2, 0.25) is 10.0 Å². The number of hydroxylamine groups is 1. The molecule has 2 nitrogen and oxygen atoms in total. The number of benzene rings is 1. The van der Waals surface area contributed by atoms with Crippen LogP contribution >= 0.6 is 23.2 Å². The minimum absolute atomic E-state index is 0.0956. The molecular weight excluding hydrogens is 221 g/mol. The molecule has 0 amide bonds. The van der Waals surface area contributed by atoms with Crippen LogP contribution in [0, 0.1) is 5.21 Å². The molecule has 0 aliphatic rings. The highest BCUT2D eigenvalue weighted by atomic mass is 35.5. The summed E-state index contributed by atoms with van der Waals surface area (Å²) in [6, 6.07) is 4.94. The minimum atomic E-state index is -0.0956. The minimum Gasteiger partial charge on any atom is -0.624 e. The van der Waals surface area contributed by atoms with E-state index in [1.165, 1.54) is 6.21 Å². The molecule has 0 aliphatic carbocycles. The Balaban J connectivity index is 3.03. The van der Waals surface area contributed by atoms with Gasteiger partial charge in [-0.1, -0.05) is 23.2 Å². The van der Waals surface area contributed by atoms with Crippen molar-refractivity contribution in [2.75, 3.05) is 0 Å². The lowest BCUT2D eigenvalue weighted by Gasteiger charge is -2.07. The summed E-state index contributed by atoms with van der Waals surface area (Å²) in [5.41, 5.74) is 0.680. The molecule has 0 unspecified atom stereocenters. The Morgan fingerprint density at radius 3 is 2.50 bits per heavy atom. The van der Waals surface area contributed by atoms with Crippen LogP contribution in [0.3, 0.4) is 0 Å². The van der Waals surface area contributed by atoms with E-state index in [4.69, 9.17) is 23.2 Å². The van der Waals surface area contributed by atoms with Gasteiger partial charge in [0.1, 0.15) is 0 Å². The molecule has 0 saturated heterocycles. The predicted octanol–water partition coefficient (Wildman–Crippen LogP) is 3.33. The first kappa shape index (κ1) is 11.3. The maximum absolute atomic E-state index is 11.3. The highest BCUT2D eigenvalue weighted by Gasteiger charge is 2.04. The molecule has 14 heavy (non-hydrogen) atoms. The maximum atomic E-state index is 11.3. The van der Waals surface area contributed by atoms with Gasteiger partial charge in [-0.2, -0.15) is 0 Å². The summed E-state index contributed by atoms with van der Waals surface area (Å²) in [4.78, 5) is 0. The molecule has 0 saturated carbocycles. The highest BCUT2D eigenvalue weighted by Crippen LogP contribution is 2.19. The Kier molecular flexibility index (Phi) is 3.78. The second-order valence-electron chi connectivity index (χ2n) is 3.25. The van der Waals surface area contributed by atoms with Crippen LogP contribution in [0.4, 0.5) is 0 Å². The Morgan fingerprint density at radius 2 is 2.00 bits per heavy atom. The Morgan fingerprint density at radius 1 is 1.36 bits per heavy atom. The van der Waals surface area contributed by atoms with Gasteiger partial charge in [-0.15, -0.1) is 0 Å². The zero-order valence-corrected chi connectivity index (χ0v) is 9.51. The fourth-order valence-corrected chi connectivity index (χ4v) is 1.35. The first-order valence-electron chi connectivity index (χ1n) is 4.26. The number of hydrogen-bond acceptors (Lipinski definition) is 1. The van der Waals surface area contributed by atoms with Gasteiger partial charge in [0.25, 0.3) is 0 Å². The summed E-state index contributed by atoms with van der Waals surface area (Å²) in [5.74, 6) is 0. The fraction of sp³-hybridized carbons (Fsp3) is 0.300. The third kappa shape index (κ3) is 2.89. The molecule has 76 valence electrons. The molecule has 0 aliphatic heterocycles. The van der Waals surface area contributed by atoms with Gasteiger partial charge in [-0.25, -0.2) is 4.74 Å². The summed E-state index contributed by atoms with van der Waals surface area (Å²) < 4.78 is 0.856. The summed E-state index contributed by atoms with van der Waals surface area (Å²) in [6.45, 7) is 3.63. The summed E-state index contributed by atoms with van der Waals surface area (Å²) >= 11 is 11.6. The van der Waals surface area contributed by atoms with Crippen molar-refractivity contribution in [3.8, 4) is 0 Å². The predicted molar refractivity (Wildman–Crippen MR) is 60.4 cm³/mol. The van der Waals surface area contributed by atoms with E-state index >= 15 is 0 Å². The molecule has 0 fully saturated rings. The number of halogens is 2. The van der Waals surface area contributed by atoms with Crippen molar-refractivity contribution in [3.05, 3.63) is 39.0 Å². The zero-order chi connectivity index (χ0) is 10.7. The lowest BCUT2D eigenvalue weighted by atomic mass is 10.2. The molecule has 0 bridgehead atoms. The SMILES string of the molecule is CC(C)/[N+]([O-])=C/c1ccc(Cl)cc1Cl. The van der Waals surface area contributed by atoms with Crippen LogP contribution in [0.1, 0.15) is 19.4 Å². The first-order valence-corrected chi connectivity index (χ1v) is 5.01. The monoisotopic (exact) mass is 231 g/mol. The van der Waals surface area contributed by atoms with E-state index in [1.807, 2.05) is 13.8 Å². The van der Waals surface area contributed by atoms with Gasteiger partial charge in [0, 0.05) is 5.02 Å². The van der Waals surface area contributed by atoms with Gasteiger partial charge < -0.3 is 5.21 Å². The van der Waals surface area contributed by atoms with E-state index < -0.39 is 0 Å². The van der Waals surface area contributed by atoms with E-state index in [0.717, 1.165) is 4.74 Å². The maximum Gasteiger partial charge on any atom is 0.183 e. The zero-order valence-electron chi connectivity index (χ0n) is 8.00. The molecule has 0 N–H and O–H groups in total. The van der Waals surface area contributed by atoms with Gasteiger partial charge in [0.15, 0.2) is 12.3 Å². The average Bonchev–Trinajstić information content (AvgIpc) is 2.09. The lowest BCUT2D eigenvalue weighted by Crippen LogP contribution is -2.15. The Bertz CT molecular complexity index is 361. The van der Waals surface area contributed by atoms with Crippen molar-refractivity contribution in [1.82, 2.24) is 0 Å². The van der Waals surface area contributed by atoms with E-state index in [9.17, 15) is 5.21 Å². The van der Waals surface area contributed by atoms with Crippen LogP contribution in [-0.2, 0) is 0 Å². The van der Waals surface area contributed by atoms with E-state index in [-0.39, 0.29) is 6.04 Å². The second kappa shape index (κ2) is 4.67. The molecule has 1 aromatic rings. The van der Waals surface area contributed by atoms with Gasteiger partial charge in [-0.05, 0) is 32.0 Å². The topological polar surface area (TPSA) is 26.1 Å². The summed E-state index contributed by atoms with van der Waals surface area (Å²) in [7, 11) is 0. The van der Waals surface area contributed by atoms with E-state index in [0.29, 0.717) is 15.6 Å². The summed E-state index contributed by atoms with van der Waals surface area (Å²) in [6.07, 6.45) is 1.46. The largest absolute Gasteiger partial charge is 0.624 e. The van der Waals surface area contributed by atoms with Gasteiger partial charge in [0.05, 0.1) is 10.6 Å². The number of rotatable bonds is 2. The summed E-state index contributed by atoms with van der Waals surface area (Å²) in [5, 5.41) is 12.4. The van der Waals surface area contributed by atoms with Crippen molar-refractivity contribution < 1.29 is 4.74 Å². The van der Waals surface area contributed by atoms with Gasteiger partial charge in [-0.3, -0.25) is 0 Å². The van der Waals surface area contributed by atoms with Crippen molar-refractivity contribution in [3.63, 3.8) is 0 Å². The lowest BCUT2D eigenvalue weighted by molar-refractivity contribution is -0.487. The van der Waals surface area contributed by atoms with Crippen molar-refractivity contribution in [2.45, 2.75) is 19.9 Å². The van der Waals surface area contributed by atoms with Crippen LogP contribution in [0.5, 0.6) is 0 Å². The van der Waals surface area contributed by atoms with Crippen LogP contribution in [0.25, 0.3) is 0 Å². The van der Waals surface area contributed by atoms with Crippen molar-refractivity contribution in [1.29, 1.82) is 0 Å². The Hall–Kier alpha value is -0.730. The van der Waals surface area contributed by atoms with Gasteiger partial charge >= 0.3 is 0 Å². The van der Waals surface area contributed by atoms with Crippen molar-refractivity contribution in [2.24, 2.45) is 0 Å². The van der Waals surface area contributed by atoms with Crippen LogP contribution < -0.4 is 0 Å². The van der Waals surface area contributed by atoms with E-state index in [2.05, 4.69) is 0 Å². The third-order valence-electron chi connectivity index (χ3n) is 1.74. The molecule has 4 heteroatoms. The first-order chi connectivity index (χ1) is 6.50. The van der Waals surface area contributed by atoms with Crippen LogP contribution in [0.15, 0.2) is 18.2 Å². The molecule has 0 heterocycles. The smallest absolute Gasteiger partial charge is 0.183 e. The highest BCUT2D eigenvalue weighted by molar-refractivity contribution is 6.36. The number of nitrogens with zero attached hydrogens (tertiary/aromatic N) is 1. The standard InChI is InChI=1S/C10H11Cl2NO/c1-7(2)13(14)6-8-3-4-9(11)5-10(8)12/h3-7H,1-2H3/b13-6-. The van der Waals surface area contributed by atoms with Crippen LogP contribution in [-0.4, -0.2) is 17.0 Å². The molecule has 0 radical (unpaired) electrons. The molecule has 1 rings (SSSR count).